The highest BCUT2D eigenvalue weighted by molar-refractivity contribution is 7.26. The zero-order valence-corrected chi connectivity index (χ0v) is 16.1. The predicted octanol–water partition coefficient (Wildman–Crippen LogP) is 7.29. The summed E-state index contributed by atoms with van der Waals surface area (Å²) in [7, 11) is 0. The number of rotatable bonds is 1. The van der Waals surface area contributed by atoms with Gasteiger partial charge in [-0.3, -0.25) is 4.98 Å². The first-order valence-electron chi connectivity index (χ1n) is 9.56. The average molecular weight is 390 g/mol. The third-order valence-corrected chi connectivity index (χ3v) is 6.94. The topological polar surface area (TPSA) is 31.0 Å². The molecule has 3 nitrogen and oxygen atoms in total. The summed E-state index contributed by atoms with van der Waals surface area (Å²) in [5.41, 5.74) is 5.23. The standard InChI is InChI=1S/C25H14N2OS/c1-3-9-21-17(7-1)20(14-28-21)27-18-12-11-16-15-6-2-4-10-22(15)29-25(16)23(18)24-19(27)8-5-13-26-24/h1-14H. The minimum Gasteiger partial charge on any atom is -0.462 e. The van der Waals surface area contributed by atoms with Crippen LogP contribution < -0.4 is 0 Å². The molecule has 0 aliphatic heterocycles. The van der Waals surface area contributed by atoms with Gasteiger partial charge >= 0.3 is 0 Å². The lowest BCUT2D eigenvalue weighted by molar-refractivity contribution is 0.614. The molecule has 4 heteroatoms. The zero-order chi connectivity index (χ0) is 18.9. The predicted molar refractivity (Wildman–Crippen MR) is 121 cm³/mol. The highest BCUT2D eigenvalue weighted by Gasteiger charge is 2.19. The summed E-state index contributed by atoms with van der Waals surface area (Å²) in [4.78, 5) is 4.80. The summed E-state index contributed by atoms with van der Waals surface area (Å²) in [6.45, 7) is 0. The Morgan fingerprint density at radius 3 is 2.59 bits per heavy atom. The highest BCUT2D eigenvalue weighted by atomic mass is 32.1. The molecule has 0 N–H and O–H groups in total. The van der Waals surface area contributed by atoms with Crippen molar-refractivity contribution in [1.29, 1.82) is 0 Å². The van der Waals surface area contributed by atoms with Gasteiger partial charge in [0.1, 0.15) is 11.8 Å². The second-order valence-electron chi connectivity index (χ2n) is 7.26. The summed E-state index contributed by atoms with van der Waals surface area (Å²) in [5.74, 6) is 0. The SMILES string of the molecule is c1ccc2c(-n3c4cccnc4c4c5sc6ccccc6c5ccc43)coc2c1. The molecule has 0 spiro atoms. The molecule has 136 valence electrons. The first kappa shape index (κ1) is 15.3. The quantitative estimate of drug-likeness (QED) is 0.295. The summed E-state index contributed by atoms with van der Waals surface area (Å²) in [6, 6.07) is 25.4. The van der Waals surface area contributed by atoms with Crippen LogP contribution in [0.1, 0.15) is 0 Å². The van der Waals surface area contributed by atoms with Crippen molar-refractivity contribution >= 4 is 64.4 Å². The van der Waals surface area contributed by atoms with Crippen LogP contribution in [0.3, 0.4) is 0 Å². The van der Waals surface area contributed by atoms with E-state index in [0.717, 1.165) is 33.2 Å². The number of aromatic nitrogens is 2. The second kappa shape index (κ2) is 5.46. The maximum atomic E-state index is 5.87. The van der Waals surface area contributed by atoms with Crippen LogP contribution in [0.4, 0.5) is 0 Å². The van der Waals surface area contributed by atoms with E-state index in [0.29, 0.717) is 0 Å². The molecular formula is C25H14N2OS. The van der Waals surface area contributed by atoms with E-state index in [-0.39, 0.29) is 0 Å². The Hall–Kier alpha value is -3.63. The molecule has 0 saturated carbocycles. The molecular weight excluding hydrogens is 376 g/mol. The number of hydrogen-bond donors (Lipinski definition) is 0. The van der Waals surface area contributed by atoms with Gasteiger partial charge in [-0.15, -0.1) is 11.3 Å². The van der Waals surface area contributed by atoms with E-state index < -0.39 is 0 Å². The van der Waals surface area contributed by atoms with Crippen molar-refractivity contribution in [3.8, 4) is 5.69 Å². The molecule has 0 aliphatic rings. The second-order valence-corrected chi connectivity index (χ2v) is 8.31. The molecule has 0 amide bonds. The van der Waals surface area contributed by atoms with E-state index in [1.165, 1.54) is 25.6 Å². The number of hydrogen-bond acceptors (Lipinski definition) is 3. The molecule has 7 rings (SSSR count). The van der Waals surface area contributed by atoms with E-state index >= 15 is 0 Å². The fraction of sp³-hybridized carbons (Fsp3) is 0. The number of fused-ring (bicyclic) bond motifs is 8. The van der Waals surface area contributed by atoms with Crippen LogP contribution in [0.5, 0.6) is 0 Å². The van der Waals surface area contributed by atoms with Crippen molar-refractivity contribution in [2.75, 3.05) is 0 Å². The Labute approximate surface area is 169 Å². The van der Waals surface area contributed by atoms with Gasteiger partial charge in [0.2, 0.25) is 0 Å². The fourth-order valence-electron chi connectivity index (χ4n) is 4.49. The third kappa shape index (κ3) is 1.94. The van der Waals surface area contributed by atoms with Crippen LogP contribution in [0.2, 0.25) is 0 Å². The number of nitrogens with zero attached hydrogens (tertiary/aromatic N) is 2. The van der Waals surface area contributed by atoms with Crippen LogP contribution in [0.25, 0.3) is 58.8 Å². The van der Waals surface area contributed by atoms with Crippen LogP contribution >= 0.6 is 11.3 Å². The Bertz CT molecular complexity index is 1720. The molecule has 0 fully saturated rings. The van der Waals surface area contributed by atoms with Gasteiger partial charge in [-0.05, 0) is 36.4 Å². The van der Waals surface area contributed by atoms with Gasteiger partial charge in [0.15, 0.2) is 0 Å². The summed E-state index contributed by atoms with van der Waals surface area (Å²) in [6.07, 6.45) is 3.73. The maximum absolute atomic E-state index is 5.87. The molecule has 0 saturated heterocycles. The first-order chi connectivity index (χ1) is 14.4. The summed E-state index contributed by atoms with van der Waals surface area (Å²) >= 11 is 1.84. The number of furan rings is 1. The zero-order valence-electron chi connectivity index (χ0n) is 15.3. The molecule has 0 aliphatic carbocycles. The number of benzene rings is 3. The van der Waals surface area contributed by atoms with Crippen molar-refractivity contribution in [3.63, 3.8) is 0 Å². The molecule has 7 aromatic rings. The lowest BCUT2D eigenvalue weighted by Crippen LogP contribution is -1.92. The van der Waals surface area contributed by atoms with Gasteiger partial charge in [0.05, 0.1) is 22.2 Å². The molecule has 0 unspecified atom stereocenters. The van der Waals surface area contributed by atoms with Crippen LogP contribution in [-0.2, 0) is 0 Å². The van der Waals surface area contributed by atoms with E-state index in [1.54, 1.807) is 0 Å². The molecule has 4 aromatic heterocycles. The van der Waals surface area contributed by atoms with Gasteiger partial charge < -0.3 is 8.98 Å². The van der Waals surface area contributed by atoms with Gasteiger partial charge in [0.25, 0.3) is 0 Å². The van der Waals surface area contributed by atoms with Crippen LogP contribution in [-0.4, -0.2) is 9.55 Å². The van der Waals surface area contributed by atoms with E-state index in [1.807, 2.05) is 42.0 Å². The van der Waals surface area contributed by atoms with E-state index in [2.05, 4.69) is 59.2 Å². The van der Waals surface area contributed by atoms with Gasteiger partial charge in [-0.1, -0.05) is 36.4 Å². The van der Waals surface area contributed by atoms with Gasteiger partial charge in [-0.2, -0.15) is 0 Å². The van der Waals surface area contributed by atoms with Crippen molar-refractivity contribution in [3.05, 3.63) is 85.3 Å². The largest absolute Gasteiger partial charge is 0.462 e. The third-order valence-electron chi connectivity index (χ3n) is 5.73. The Kier molecular flexibility index (Phi) is 2.88. The van der Waals surface area contributed by atoms with Crippen molar-refractivity contribution in [2.24, 2.45) is 0 Å². The lowest BCUT2D eigenvalue weighted by Gasteiger charge is -2.05. The Morgan fingerprint density at radius 2 is 1.62 bits per heavy atom. The van der Waals surface area contributed by atoms with Crippen molar-refractivity contribution in [2.45, 2.75) is 0 Å². The monoisotopic (exact) mass is 390 g/mol. The maximum Gasteiger partial charge on any atom is 0.136 e. The van der Waals surface area contributed by atoms with Crippen molar-refractivity contribution < 1.29 is 4.42 Å². The molecule has 0 bridgehead atoms. The van der Waals surface area contributed by atoms with Crippen LogP contribution in [0, 0.1) is 0 Å². The molecule has 29 heavy (non-hydrogen) atoms. The average Bonchev–Trinajstić information content (AvgIpc) is 3.44. The summed E-state index contributed by atoms with van der Waals surface area (Å²) < 4.78 is 10.7. The number of thiophene rings is 1. The smallest absolute Gasteiger partial charge is 0.136 e. The van der Waals surface area contributed by atoms with Gasteiger partial charge in [0, 0.05) is 37.1 Å². The Balaban J connectivity index is 1.73. The molecule has 0 radical (unpaired) electrons. The van der Waals surface area contributed by atoms with Gasteiger partial charge in [-0.25, -0.2) is 0 Å². The van der Waals surface area contributed by atoms with E-state index in [9.17, 15) is 0 Å². The highest BCUT2D eigenvalue weighted by Crippen LogP contribution is 2.43. The molecule has 0 atom stereocenters. The van der Waals surface area contributed by atoms with E-state index in [4.69, 9.17) is 9.40 Å². The first-order valence-corrected chi connectivity index (χ1v) is 10.4. The van der Waals surface area contributed by atoms with Crippen LogP contribution in [0.15, 0.2) is 89.7 Å². The Morgan fingerprint density at radius 1 is 0.759 bits per heavy atom. The minimum absolute atomic E-state index is 0.893. The molecule has 3 aromatic carbocycles. The van der Waals surface area contributed by atoms with Crippen molar-refractivity contribution in [1.82, 2.24) is 9.55 Å². The fourth-order valence-corrected chi connectivity index (χ4v) is 5.74. The normalized spacial score (nSPS) is 12.1. The number of para-hydroxylation sites is 1. The summed E-state index contributed by atoms with van der Waals surface area (Å²) in [5, 5.41) is 4.91. The number of pyridine rings is 1. The lowest BCUT2D eigenvalue weighted by atomic mass is 10.1. The minimum atomic E-state index is 0.893. The molecule has 4 heterocycles.